The molecule has 1 aliphatic carbocycles. The fourth-order valence-corrected chi connectivity index (χ4v) is 7.76. The molecule has 9 rings (SSSR count). The quantitative estimate of drug-likeness (QED) is 0.213. The van der Waals surface area contributed by atoms with Gasteiger partial charge in [0.25, 0.3) is 0 Å². The van der Waals surface area contributed by atoms with Crippen molar-refractivity contribution in [3.8, 4) is 11.1 Å². The summed E-state index contributed by atoms with van der Waals surface area (Å²) in [5.41, 5.74) is 13.9. The molecule has 1 heteroatoms. The summed E-state index contributed by atoms with van der Waals surface area (Å²) in [6, 6.07) is 60.6. The predicted molar refractivity (Wildman–Crippen MR) is 179 cm³/mol. The molecule has 0 fully saturated rings. The molecule has 0 unspecified atom stereocenters. The lowest BCUT2D eigenvalue weighted by Crippen LogP contribution is -2.36. The highest BCUT2D eigenvalue weighted by Gasteiger charge is 2.51. The van der Waals surface area contributed by atoms with Crippen molar-refractivity contribution >= 4 is 27.8 Å². The van der Waals surface area contributed by atoms with Gasteiger partial charge in [-0.2, -0.15) is 0 Å². The molecule has 7 aromatic carbocycles. The van der Waals surface area contributed by atoms with Crippen LogP contribution in [0.3, 0.4) is 0 Å². The van der Waals surface area contributed by atoms with Crippen molar-refractivity contribution < 1.29 is 0 Å². The number of hydrogen-bond acceptors (Lipinski definition) is 1. The molecule has 43 heavy (non-hydrogen) atoms. The third kappa shape index (κ3) is 3.40. The SMILES string of the molecule is c1ccc(Cc2ccc3c(c2)C2(c4ccccc4-c4ccccc42)c2ccccc2N3c2cccc3ccccc23)cc1. The molecule has 1 heterocycles. The van der Waals surface area contributed by atoms with Crippen LogP contribution in [0.25, 0.3) is 21.9 Å². The van der Waals surface area contributed by atoms with Gasteiger partial charge in [-0.25, -0.2) is 0 Å². The third-order valence-electron chi connectivity index (χ3n) is 9.47. The highest BCUT2D eigenvalue weighted by Crippen LogP contribution is 2.63. The molecule has 202 valence electrons. The second-order valence-electron chi connectivity index (χ2n) is 11.7. The van der Waals surface area contributed by atoms with E-state index in [9.17, 15) is 0 Å². The summed E-state index contributed by atoms with van der Waals surface area (Å²) in [5, 5.41) is 2.50. The van der Waals surface area contributed by atoms with E-state index in [0.29, 0.717) is 0 Å². The summed E-state index contributed by atoms with van der Waals surface area (Å²) < 4.78 is 0. The molecule has 0 N–H and O–H groups in total. The second-order valence-corrected chi connectivity index (χ2v) is 11.7. The van der Waals surface area contributed by atoms with Gasteiger partial charge in [-0.1, -0.05) is 146 Å². The van der Waals surface area contributed by atoms with E-state index in [2.05, 4.69) is 169 Å². The number of anilines is 3. The Morgan fingerprint density at radius 1 is 0.395 bits per heavy atom. The van der Waals surface area contributed by atoms with Crippen molar-refractivity contribution in [1.29, 1.82) is 0 Å². The minimum atomic E-state index is -0.424. The Bertz CT molecular complexity index is 2120. The maximum atomic E-state index is 2.51. The van der Waals surface area contributed by atoms with Crippen molar-refractivity contribution in [1.82, 2.24) is 0 Å². The lowest BCUT2D eigenvalue weighted by molar-refractivity contribution is 0.751. The molecule has 0 saturated carbocycles. The fourth-order valence-electron chi connectivity index (χ4n) is 7.76. The van der Waals surface area contributed by atoms with Crippen LogP contribution in [0.5, 0.6) is 0 Å². The van der Waals surface area contributed by atoms with Crippen LogP contribution in [0.15, 0.2) is 164 Å². The summed E-state index contributed by atoms with van der Waals surface area (Å²) >= 11 is 0. The Kier molecular flexibility index (Phi) is 5.24. The van der Waals surface area contributed by atoms with E-state index < -0.39 is 5.41 Å². The van der Waals surface area contributed by atoms with Crippen LogP contribution in [-0.4, -0.2) is 0 Å². The van der Waals surface area contributed by atoms with Crippen LogP contribution in [0.2, 0.25) is 0 Å². The first-order valence-corrected chi connectivity index (χ1v) is 15.1. The van der Waals surface area contributed by atoms with Gasteiger partial charge in [-0.05, 0) is 74.5 Å². The molecule has 0 aromatic heterocycles. The molecule has 0 saturated heterocycles. The van der Waals surface area contributed by atoms with Gasteiger partial charge in [0.05, 0.1) is 22.5 Å². The van der Waals surface area contributed by atoms with Crippen LogP contribution >= 0.6 is 0 Å². The highest BCUT2D eigenvalue weighted by molar-refractivity contribution is 6.03. The Hall–Kier alpha value is -5.40. The molecule has 0 atom stereocenters. The standard InChI is InChI=1S/C42H29N/c1-2-13-29(14-3-1)27-30-25-26-41-38(28-30)42(35-20-8-6-18-33(35)34-19-7-9-21-36(34)42)37-22-10-11-23-40(37)43(41)39-24-12-16-31-15-4-5-17-32(31)39/h1-26,28H,27H2. The van der Waals surface area contributed by atoms with Crippen molar-refractivity contribution in [2.24, 2.45) is 0 Å². The Labute approximate surface area is 252 Å². The molecule has 1 spiro atoms. The van der Waals surface area contributed by atoms with Gasteiger partial charge >= 0.3 is 0 Å². The van der Waals surface area contributed by atoms with Crippen molar-refractivity contribution in [3.05, 3.63) is 197 Å². The van der Waals surface area contributed by atoms with Crippen LogP contribution in [-0.2, 0) is 11.8 Å². The van der Waals surface area contributed by atoms with E-state index >= 15 is 0 Å². The summed E-state index contributed by atoms with van der Waals surface area (Å²) in [6.07, 6.45) is 0.892. The first-order chi connectivity index (χ1) is 21.3. The fraction of sp³-hybridized carbons (Fsp3) is 0.0476. The number of benzene rings is 7. The first kappa shape index (κ1) is 24.2. The van der Waals surface area contributed by atoms with Gasteiger partial charge in [0.15, 0.2) is 0 Å². The first-order valence-electron chi connectivity index (χ1n) is 15.1. The number of para-hydroxylation sites is 1. The van der Waals surface area contributed by atoms with Gasteiger partial charge < -0.3 is 4.90 Å². The van der Waals surface area contributed by atoms with E-state index in [1.54, 1.807) is 0 Å². The van der Waals surface area contributed by atoms with E-state index in [-0.39, 0.29) is 0 Å². The second kappa shape index (κ2) is 9.31. The smallest absolute Gasteiger partial charge is 0.0754 e. The molecule has 0 amide bonds. The van der Waals surface area contributed by atoms with Gasteiger partial charge in [-0.15, -0.1) is 0 Å². The zero-order chi connectivity index (χ0) is 28.4. The van der Waals surface area contributed by atoms with Crippen LogP contribution < -0.4 is 4.90 Å². The maximum Gasteiger partial charge on any atom is 0.0754 e. The Balaban J connectivity index is 1.41. The number of nitrogens with zero attached hydrogens (tertiary/aromatic N) is 1. The molecule has 2 aliphatic rings. The molecule has 7 aromatic rings. The lowest BCUT2D eigenvalue weighted by Gasteiger charge is -2.45. The molecular weight excluding hydrogens is 518 g/mol. The maximum absolute atomic E-state index is 2.51. The molecule has 0 bridgehead atoms. The zero-order valence-corrected chi connectivity index (χ0v) is 23.7. The van der Waals surface area contributed by atoms with Crippen LogP contribution in [0.4, 0.5) is 17.1 Å². The summed E-state index contributed by atoms with van der Waals surface area (Å²) in [6.45, 7) is 0. The van der Waals surface area contributed by atoms with Gasteiger partial charge in [0.1, 0.15) is 0 Å². The average Bonchev–Trinajstić information content (AvgIpc) is 3.37. The average molecular weight is 548 g/mol. The minimum absolute atomic E-state index is 0.424. The zero-order valence-electron chi connectivity index (χ0n) is 23.7. The number of fused-ring (bicyclic) bond motifs is 10. The minimum Gasteiger partial charge on any atom is -0.309 e. The number of rotatable bonds is 3. The molecule has 1 nitrogen and oxygen atoms in total. The van der Waals surface area contributed by atoms with E-state index in [0.717, 1.165) is 6.42 Å². The van der Waals surface area contributed by atoms with Crippen molar-refractivity contribution in [2.45, 2.75) is 11.8 Å². The van der Waals surface area contributed by atoms with E-state index in [4.69, 9.17) is 0 Å². The third-order valence-corrected chi connectivity index (χ3v) is 9.47. The Morgan fingerprint density at radius 3 is 1.77 bits per heavy atom. The summed E-state index contributed by atoms with van der Waals surface area (Å²) in [4.78, 5) is 2.51. The summed E-state index contributed by atoms with van der Waals surface area (Å²) in [7, 11) is 0. The van der Waals surface area contributed by atoms with Gasteiger partial charge in [0.2, 0.25) is 0 Å². The van der Waals surface area contributed by atoms with E-state index in [1.165, 1.54) is 72.3 Å². The highest BCUT2D eigenvalue weighted by atomic mass is 15.2. The number of hydrogen-bond donors (Lipinski definition) is 0. The molecular formula is C42H29N. The Morgan fingerprint density at radius 2 is 0.977 bits per heavy atom. The largest absolute Gasteiger partial charge is 0.309 e. The normalized spacial score (nSPS) is 13.8. The lowest BCUT2D eigenvalue weighted by atomic mass is 9.64. The van der Waals surface area contributed by atoms with Gasteiger partial charge in [0, 0.05) is 5.39 Å². The monoisotopic (exact) mass is 547 g/mol. The van der Waals surface area contributed by atoms with Crippen LogP contribution in [0, 0.1) is 0 Å². The van der Waals surface area contributed by atoms with Crippen LogP contribution in [0.1, 0.15) is 33.4 Å². The van der Waals surface area contributed by atoms with E-state index in [1.807, 2.05) is 0 Å². The van der Waals surface area contributed by atoms with Gasteiger partial charge in [-0.3, -0.25) is 0 Å². The predicted octanol–water partition coefficient (Wildman–Crippen LogP) is 10.6. The molecule has 0 radical (unpaired) electrons. The molecule has 1 aliphatic heterocycles. The topological polar surface area (TPSA) is 3.24 Å². The summed E-state index contributed by atoms with van der Waals surface area (Å²) in [5.74, 6) is 0. The van der Waals surface area contributed by atoms with Crippen molar-refractivity contribution in [3.63, 3.8) is 0 Å². The van der Waals surface area contributed by atoms with Crippen molar-refractivity contribution in [2.75, 3.05) is 4.90 Å².